The molecule has 0 aliphatic rings. The third-order valence-corrected chi connectivity index (χ3v) is 5.06. The molecule has 27 heavy (non-hydrogen) atoms. The smallest absolute Gasteiger partial charge is 0.300 e. The van der Waals surface area contributed by atoms with Crippen molar-refractivity contribution in [2.24, 2.45) is 7.05 Å². The third-order valence-electron chi connectivity index (χ3n) is 3.99. The van der Waals surface area contributed by atoms with Crippen LogP contribution in [0, 0.1) is 12.7 Å². The van der Waals surface area contributed by atoms with Crippen molar-refractivity contribution in [3.05, 3.63) is 79.3 Å². The van der Waals surface area contributed by atoms with Crippen molar-refractivity contribution in [1.29, 1.82) is 0 Å². The van der Waals surface area contributed by atoms with E-state index in [1.165, 1.54) is 42.8 Å². The molecule has 0 unspecified atom stereocenters. The Morgan fingerprint density at radius 1 is 1.22 bits per heavy atom. The monoisotopic (exact) mass is 388 g/mol. The first kappa shape index (κ1) is 18.7. The molecule has 2 aromatic heterocycles. The molecule has 1 N–H and O–H groups in total. The Bertz CT molecular complexity index is 1100. The van der Waals surface area contributed by atoms with Gasteiger partial charge in [0.1, 0.15) is 12.4 Å². The van der Waals surface area contributed by atoms with Gasteiger partial charge in [-0.15, -0.1) is 11.3 Å². The van der Waals surface area contributed by atoms with Crippen LogP contribution in [0.25, 0.3) is 0 Å². The number of rotatable bonds is 5. The van der Waals surface area contributed by atoms with Crippen LogP contribution in [-0.4, -0.2) is 20.0 Å². The highest BCUT2D eigenvalue weighted by molar-refractivity contribution is 7.15. The summed E-state index contributed by atoms with van der Waals surface area (Å²) in [7, 11) is 1.35. The molecule has 7 nitrogen and oxygen atoms in total. The number of aromatic nitrogens is 3. The van der Waals surface area contributed by atoms with E-state index in [0.717, 1.165) is 25.3 Å². The number of thiazole rings is 1. The van der Waals surface area contributed by atoms with Crippen LogP contribution in [0.2, 0.25) is 0 Å². The Morgan fingerprint density at radius 2 is 1.93 bits per heavy atom. The minimum atomic E-state index is -0.565. The Labute approximate surface area is 157 Å². The van der Waals surface area contributed by atoms with Crippen LogP contribution in [0.5, 0.6) is 0 Å². The number of nitrogens with zero attached hydrogens (tertiary/aromatic N) is 3. The summed E-state index contributed by atoms with van der Waals surface area (Å²) in [5, 5.41) is 3.09. The van der Waals surface area contributed by atoms with Crippen molar-refractivity contribution < 1.29 is 9.18 Å². The van der Waals surface area contributed by atoms with Gasteiger partial charge in [0.15, 0.2) is 5.13 Å². The number of hydrogen-bond acceptors (Lipinski definition) is 5. The number of carbonyl (C=O) groups excluding carboxylic acids is 1. The predicted molar refractivity (Wildman–Crippen MR) is 101 cm³/mol. The number of nitrogens with one attached hydrogen (secondary N) is 1. The van der Waals surface area contributed by atoms with Gasteiger partial charge in [0, 0.05) is 30.6 Å². The summed E-state index contributed by atoms with van der Waals surface area (Å²) in [6, 6.07) is 7.44. The number of anilines is 1. The summed E-state index contributed by atoms with van der Waals surface area (Å²) >= 11 is 1.33. The standard InChI is InChI=1S/C18H17FN4O3S/c1-11-14(9-12-3-5-13(19)6-4-12)27-17(20-11)21-15(24)10-23-8-7-16(25)22(2)18(23)26/h3-8H,9-10H2,1-2H3,(H,20,21,24). The molecule has 2 heterocycles. The molecular formula is C18H17FN4O3S. The molecule has 0 aliphatic carbocycles. The Balaban J connectivity index is 1.70. The van der Waals surface area contributed by atoms with Crippen LogP contribution in [0.15, 0.2) is 46.1 Å². The van der Waals surface area contributed by atoms with Gasteiger partial charge >= 0.3 is 5.69 Å². The number of carbonyl (C=O) groups is 1. The fourth-order valence-corrected chi connectivity index (χ4v) is 3.50. The Hall–Kier alpha value is -3.07. The van der Waals surface area contributed by atoms with Gasteiger partial charge in [0.25, 0.3) is 5.56 Å². The van der Waals surface area contributed by atoms with Crippen LogP contribution >= 0.6 is 11.3 Å². The molecule has 3 rings (SSSR count). The topological polar surface area (TPSA) is 86.0 Å². The van der Waals surface area contributed by atoms with Crippen molar-refractivity contribution in [2.45, 2.75) is 19.9 Å². The van der Waals surface area contributed by atoms with Crippen LogP contribution in [0.1, 0.15) is 16.1 Å². The molecule has 0 aliphatic heterocycles. The Morgan fingerprint density at radius 3 is 2.63 bits per heavy atom. The fraction of sp³-hybridized carbons (Fsp3) is 0.222. The van der Waals surface area contributed by atoms with Crippen molar-refractivity contribution in [2.75, 3.05) is 5.32 Å². The quantitative estimate of drug-likeness (QED) is 0.721. The second kappa shape index (κ2) is 7.67. The first-order chi connectivity index (χ1) is 12.8. The minimum Gasteiger partial charge on any atom is -0.300 e. The maximum atomic E-state index is 13.0. The third kappa shape index (κ3) is 4.37. The molecule has 0 bridgehead atoms. The number of aryl methyl sites for hydroxylation is 1. The summed E-state index contributed by atoms with van der Waals surface area (Å²) in [6.45, 7) is 1.61. The van der Waals surface area contributed by atoms with Gasteiger partial charge in [-0.1, -0.05) is 12.1 Å². The lowest BCUT2D eigenvalue weighted by molar-refractivity contribution is -0.116. The molecule has 1 aromatic carbocycles. The lowest BCUT2D eigenvalue weighted by Gasteiger charge is -2.06. The van der Waals surface area contributed by atoms with E-state index in [9.17, 15) is 18.8 Å². The Kier molecular flexibility index (Phi) is 5.31. The molecule has 0 saturated heterocycles. The highest BCUT2D eigenvalue weighted by Crippen LogP contribution is 2.25. The largest absolute Gasteiger partial charge is 0.331 e. The summed E-state index contributed by atoms with van der Waals surface area (Å²) in [6.07, 6.45) is 1.87. The molecule has 3 aromatic rings. The number of amides is 1. The molecule has 0 atom stereocenters. The average molecular weight is 388 g/mol. The van der Waals surface area contributed by atoms with E-state index in [2.05, 4.69) is 10.3 Å². The molecule has 0 radical (unpaired) electrons. The first-order valence-corrected chi connectivity index (χ1v) is 8.92. The maximum Gasteiger partial charge on any atom is 0.331 e. The van der Waals surface area contributed by atoms with E-state index in [-0.39, 0.29) is 12.4 Å². The van der Waals surface area contributed by atoms with Crippen LogP contribution < -0.4 is 16.6 Å². The van der Waals surface area contributed by atoms with Crippen LogP contribution in [0.3, 0.4) is 0 Å². The number of halogens is 1. The average Bonchev–Trinajstić information content (AvgIpc) is 2.96. The number of hydrogen-bond donors (Lipinski definition) is 1. The molecule has 1 amide bonds. The summed E-state index contributed by atoms with van der Waals surface area (Å²) in [5.74, 6) is -0.709. The van der Waals surface area contributed by atoms with Crippen molar-refractivity contribution in [3.63, 3.8) is 0 Å². The zero-order valence-corrected chi connectivity index (χ0v) is 15.5. The summed E-state index contributed by atoms with van der Waals surface area (Å²) < 4.78 is 15.1. The van der Waals surface area contributed by atoms with Crippen LogP contribution in [-0.2, 0) is 24.8 Å². The molecule has 9 heteroatoms. The lowest BCUT2D eigenvalue weighted by Crippen LogP contribution is -2.38. The summed E-state index contributed by atoms with van der Waals surface area (Å²) in [4.78, 5) is 40.9. The van der Waals surface area contributed by atoms with Gasteiger partial charge < -0.3 is 5.32 Å². The second-order valence-corrected chi connectivity index (χ2v) is 7.09. The second-order valence-electron chi connectivity index (χ2n) is 6.00. The minimum absolute atomic E-state index is 0.223. The van der Waals surface area contributed by atoms with Crippen molar-refractivity contribution in [3.8, 4) is 0 Å². The van der Waals surface area contributed by atoms with Gasteiger partial charge in [-0.05, 0) is 24.6 Å². The van der Waals surface area contributed by atoms with Gasteiger partial charge in [0.2, 0.25) is 5.91 Å². The van der Waals surface area contributed by atoms with E-state index in [0.29, 0.717) is 11.6 Å². The van der Waals surface area contributed by atoms with Crippen molar-refractivity contribution in [1.82, 2.24) is 14.1 Å². The highest BCUT2D eigenvalue weighted by atomic mass is 32.1. The zero-order chi connectivity index (χ0) is 19.6. The summed E-state index contributed by atoms with van der Waals surface area (Å²) in [5.41, 5.74) is 0.722. The maximum absolute atomic E-state index is 13.0. The van der Waals surface area contributed by atoms with Gasteiger partial charge in [0.05, 0.1) is 5.69 Å². The van der Waals surface area contributed by atoms with Gasteiger partial charge in [-0.25, -0.2) is 14.2 Å². The number of benzene rings is 1. The van der Waals surface area contributed by atoms with E-state index in [1.54, 1.807) is 12.1 Å². The normalized spacial score (nSPS) is 10.8. The van der Waals surface area contributed by atoms with E-state index < -0.39 is 17.2 Å². The molecule has 0 spiro atoms. The SMILES string of the molecule is Cc1nc(NC(=O)Cn2ccc(=O)n(C)c2=O)sc1Cc1ccc(F)cc1. The molecular weight excluding hydrogens is 371 g/mol. The zero-order valence-electron chi connectivity index (χ0n) is 14.7. The molecule has 140 valence electrons. The predicted octanol–water partition coefficient (Wildman–Crippen LogP) is 1.68. The molecule has 0 fully saturated rings. The molecule has 0 saturated carbocycles. The van der Waals surface area contributed by atoms with E-state index in [1.807, 2.05) is 6.92 Å². The van der Waals surface area contributed by atoms with Gasteiger partial charge in [-0.3, -0.25) is 18.7 Å². The van der Waals surface area contributed by atoms with E-state index >= 15 is 0 Å². The first-order valence-electron chi connectivity index (χ1n) is 8.10. The van der Waals surface area contributed by atoms with Crippen molar-refractivity contribution >= 4 is 22.4 Å². The van der Waals surface area contributed by atoms with Crippen LogP contribution in [0.4, 0.5) is 9.52 Å². The highest BCUT2D eigenvalue weighted by Gasteiger charge is 2.12. The van der Waals surface area contributed by atoms with Gasteiger partial charge in [-0.2, -0.15) is 0 Å². The fourth-order valence-electron chi connectivity index (χ4n) is 2.48. The lowest BCUT2D eigenvalue weighted by atomic mass is 10.1. The van der Waals surface area contributed by atoms with E-state index in [4.69, 9.17) is 0 Å².